The van der Waals surface area contributed by atoms with Gasteiger partial charge in [0.25, 0.3) is 0 Å². The molecule has 1 aromatic heterocycles. The molecule has 2 N–H and O–H groups in total. The molecule has 166 valence electrons. The molecule has 0 radical (unpaired) electrons. The van der Waals surface area contributed by atoms with Crippen LogP contribution in [0, 0.1) is 5.82 Å². The molecular weight excluding hydrogens is 403 g/mol. The summed E-state index contributed by atoms with van der Waals surface area (Å²) in [5.41, 5.74) is 2.64. The maximum absolute atomic E-state index is 13.3. The second kappa shape index (κ2) is 11.6. The van der Waals surface area contributed by atoms with Gasteiger partial charge in [-0.25, -0.2) is 9.37 Å². The molecule has 5 nitrogen and oxygen atoms in total. The molecule has 0 aliphatic rings. The standard InChI is InChI=1S/C26H29FN4O/c1-3-31(25-12-4-5-15-29-25)17-16-28-24-11-7-9-22(19-24)20(2)30-26(32)14-13-21-8-6-10-23(27)18-21/h4-15,18-20,28H,3,16-17H2,1-2H3,(H,30,32)/b14-13+/t20-/m0/s1. The predicted molar refractivity (Wildman–Crippen MR) is 129 cm³/mol. The van der Waals surface area contributed by atoms with Crippen LogP contribution in [0.25, 0.3) is 6.08 Å². The van der Waals surface area contributed by atoms with Crippen LogP contribution in [0.1, 0.15) is 31.0 Å². The Kier molecular flexibility index (Phi) is 8.37. The average molecular weight is 433 g/mol. The summed E-state index contributed by atoms with van der Waals surface area (Å²) in [5, 5.41) is 6.40. The SMILES string of the molecule is CCN(CCNc1cccc([C@H](C)NC(=O)/C=C/c2cccc(F)c2)c1)c1ccccn1. The van der Waals surface area contributed by atoms with E-state index in [1.807, 2.05) is 49.4 Å². The van der Waals surface area contributed by atoms with Crippen LogP contribution in [0.3, 0.4) is 0 Å². The van der Waals surface area contributed by atoms with Gasteiger partial charge in [-0.2, -0.15) is 0 Å². The van der Waals surface area contributed by atoms with Gasteiger partial charge < -0.3 is 15.5 Å². The van der Waals surface area contributed by atoms with Gasteiger partial charge in [0.1, 0.15) is 11.6 Å². The largest absolute Gasteiger partial charge is 0.383 e. The minimum absolute atomic E-state index is 0.165. The monoisotopic (exact) mass is 432 g/mol. The van der Waals surface area contributed by atoms with E-state index in [2.05, 4.69) is 27.4 Å². The summed E-state index contributed by atoms with van der Waals surface area (Å²) >= 11 is 0. The Morgan fingerprint density at radius 2 is 1.97 bits per heavy atom. The van der Waals surface area contributed by atoms with Gasteiger partial charge in [-0.05, 0) is 67.4 Å². The number of carbonyl (C=O) groups is 1. The number of carbonyl (C=O) groups excluding carboxylic acids is 1. The lowest BCUT2D eigenvalue weighted by Gasteiger charge is -2.22. The number of hydrogen-bond donors (Lipinski definition) is 2. The summed E-state index contributed by atoms with van der Waals surface area (Å²) in [4.78, 5) is 18.9. The molecule has 0 fully saturated rings. The molecule has 1 amide bonds. The van der Waals surface area contributed by atoms with Crippen LogP contribution in [0.2, 0.25) is 0 Å². The summed E-state index contributed by atoms with van der Waals surface area (Å²) in [7, 11) is 0. The fraction of sp³-hybridized carbons (Fsp3) is 0.231. The zero-order valence-electron chi connectivity index (χ0n) is 18.5. The number of amides is 1. The van der Waals surface area contributed by atoms with Crippen molar-refractivity contribution in [3.05, 3.63) is 95.9 Å². The van der Waals surface area contributed by atoms with Crippen molar-refractivity contribution in [2.45, 2.75) is 19.9 Å². The molecule has 2 aromatic carbocycles. The van der Waals surface area contributed by atoms with Gasteiger partial charge in [0, 0.05) is 37.6 Å². The lowest BCUT2D eigenvalue weighted by atomic mass is 10.1. The highest BCUT2D eigenvalue weighted by atomic mass is 19.1. The third-order valence-corrected chi connectivity index (χ3v) is 5.09. The topological polar surface area (TPSA) is 57.3 Å². The highest BCUT2D eigenvalue weighted by Crippen LogP contribution is 2.18. The highest BCUT2D eigenvalue weighted by Gasteiger charge is 2.09. The van der Waals surface area contributed by atoms with Gasteiger partial charge in [0.2, 0.25) is 5.91 Å². The summed E-state index contributed by atoms with van der Waals surface area (Å²) in [5.74, 6) is 0.412. The maximum Gasteiger partial charge on any atom is 0.244 e. The van der Waals surface area contributed by atoms with E-state index in [1.165, 1.54) is 18.2 Å². The van der Waals surface area contributed by atoms with Crippen LogP contribution < -0.4 is 15.5 Å². The lowest BCUT2D eigenvalue weighted by Crippen LogP contribution is -2.29. The first-order valence-electron chi connectivity index (χ1n) is 10.8. The van der Waals surface area contributed by atoms with Gasteiger partial charge in [0.15, 0.2) is 0 Å². The van der Waals surface area contributed by atoms with E-state index in [9.17, 15) is 9.18 Å². The van der Waals surface area contributed by atoms with Crippen molar-refractivity contribution in [1.29, 1.82) is 0 Å². The van der Waals surface area contributed by atoms with E-state index in [-0.39, 0.29) is 17.8 Å². The molecule has 0 spiro atoms. The van der Waals surface area contributed by atoms with Crippen LogP contribution in [-0.4, -0.2) is 30.5 Å². The van der Waals surface area contributed by atoms with Crippen LogP contribution in [0.4, 0.5) is 15.9 Å². The predicted octanol–water partition coefficient (Wildman–Crippen LogP) is 5.05. The summed E-state index contributed by atoms with van der Waals surface area (Å²) in [6.07, 6.45) is 4.83. The Balaban J connectivity index is 1.52. The number of hydrogen-bond acceptors (Lipinski definition) is 4. The number of aromatic nitrogens is 1. The van der Waals surface area contributed by atoms with E-state index in [0.29, 0.717) is 5.56 Å². The molecule has 0 bridgehead atoms. The van der Waals surface area contributed by atoms with Crippen LogP contribution in [-0.2, 0) is 4.79 Å². The minimum Gasteiger partial charge on any atom is -0.383 e. The van der Waals surface area contributed by atoms with E-state index >= 15 is 0 Å². The fourth-order valence-electron chi connectivity index (χ4n) is 3.36. The Morgan fingerprint density at radius 1 is 1.12 bits per heavy atom. The zero-order chi connectivity index (χ0) is 22.8. The first-order chi connectivity index (χ1) is 15.5. The third kappa shape index (κ3) is 6.94. The molecule has 32 heavy (non-hydrogen) atoms. The number of pyridine rings is 1. The van der Waals surface area contributed by atoms with Crippen molar-refractivity contribution in [2.24, 2.45) is 0 Å². The van der Waals surface area contributed by atoms with Crippen LogP contribution >= 0.6 is 0 Å². The average Bonchev–Trinajstić information content (AvgIpc) is 2.81. The number of anilines is 2. The Labute approximate surface area is 189 Å². The van der Waals surface area contributed by atoms with Crippen molar-refractivity contribution >= 4 is 23.5 Å². The second-order valence-corrected chi connectivity index (χ2v) is 7.44. The van der Waals surface area contributed by atoms with Gasteiger partial charge in [0.05, 0.1) is 6.04 Å². The molecule has 1 heterocycles. The molecule has 0 saturated heterocycles. The molecule has 3 aromatic rings. The smallest absolute Gasteiger partial charge is 0.244 e. The fourth-order valence-corrected chi connectivity index (χ4v) is 3.36. The molecule has 1 atom stereocenters. The van der Waals surface area contributed by atoms with Crippen LogP contribution in [0.15, 0.2) is 79.0 Å². The first kappa shape index (κ1) is 23.0. The van der Waals surface area contributed by atoms with Crippen molar-refractivity contribution in [3.63, 3.8) is 0 Å². The third-order valence-electron chi connectivity index (χ3n) is 5.09. The summed E-state index contributed by atoms with van der Waals surface area (Å²) in [6, 6.07) is 19.9. The van der Waals surface area contributed by atoms with Crippen molar-refractivity contribution in [1.82, 2.24) is 10.3 Å². The van der Waals surface area contributed by atoms with Gasteiger partial charge in [-0.15, -0.1) is 0 Å². The second-order valence-electron chi connectivity index (χ2n) is 7.44. The molecule has 0 aliphatic heterocycles. The first-order valence-corrected chi connectivity index (χ1v) is 10.8. The number of halogens is 1. The molecule has 0 unspecified atom stereocenters. The number of likely N-dealkylation sites (N-methyl/N-ethyl adjacent to an activating group) is 1. The number of nitrogens with zero attached hydrogens (tertiary/aromatic N) is 2. The summed E-state index contributed by atoms with van der Waals surface area (Å²) in [6.45, 7) is 6.53. The molecule has 0 aliphatic carbocycles. The lowest BCUT2D eigenvalue weighted by molar-refractivity contribution is -0.117. The highest BCUT2D eigenvalue weighted by molar-refractivity contribution is 5.92. The Morgan fingerprint density at radius 3 is 2.72 bits per heavy atom. The molecule has 6 heteroatoms. The zero-order valence-corrected chi connectivity index (χ0v) is 18.5. The van der Waals surface area contributed by atoms with Crippen molar-refractivity contribution in [3.8, 4) is 0 Å². The molecule has 0 saturated carbocycles. The maximum atomic E-state index is 13.3. The minimum atomic E-state index is -0.327. The van der Waals surface area contributed by atoms with E-state index in [1.54, 1.807) is 24.4 Å². The van der Waals surface area contributed by atoms with Crippen molar-refractivity contribution in [2.75, 3.05) is 29.9 Å². The molecule has 3 rings (SSSR count). The Hall–Kier alpha value is -3.67. The van der Waals surface area contributed by atoms with E-state index in [4.69, 9.17) is 0 Å². The van der Waals surface area contributed by atoms with Crippen molar-refractivity contribution < 1.29 is 9.18 Å². The summed E-state index contributed by atoms with van der Waals surface area (Å²) < 4.78 is 13.3. The molecular formula is C26H29FN4O. The normalized spacial score (nSPS) is 11.8. The number of benzene rings is 2. The van der Waals surface area contributed by atoms with Crippen LogP contribution in [0.5, 0.6) is 0 Å². The number of rotatable bonds is 10. The quantitative estimate of drug-likeness (QED) is 0.440. The van der Waals surface area contributed by atoms with E-state index in [0.717, 1.165) is 36.7 Å². The Bertz CT molecular complexity index is 1040. The van der Waals surface area contributed by atoms with Gasteiger partial charge in [-0.1, -0.05) is 30.3 Å². The number of nitrogens with one attached hydrogen (secondary N) is 2. The van der Waals surface area contributed by atoms with E-state index < -0.39 is 0 Å². The van der Waals surface area contributed by atoms with Gasteiger partial charge >= 0.3 is 0 Å². The van der Waals surface area contributed by atoms with Gasteiger partial charge in [-0.3, -0.25) is 4.79 Å².